The molecule has 2 amide bonds. The van der Waals surface area contributed by atoms with Gasteiger partial charge in [0.2, 0.25) is 0 Å². The van der Waals surface area contributed by atoms with Gasteiger partial charge in [-0.25, -0.2) is 4.79 Å². The maximum absolute atomic E-state index is 14.8. The van der Waals surface area contributed by atoms with E-state index in [4.69, 9.17) is 47.9 Å². The molecule has 1 saturated heterocycles. The van der Waals surface area contributed by atoms with Crippen molar-refractivity contribution < 1.29 is 14.3 Å². The lowest BCUT2D eigenvalue weighted by atomic mass is 9.81. The van der Waals surface area contributed by atoms with Gasteiger partial charge in [-0.15, -0.1) is 0 Å². The quantitative estimate of drug-likeness (QED) is 0.223. The molecule has 0 radical (unpaired) electrons. The molecule has 5 rings (SSSR count). The average Bonchev–Trinajstić information content (AvgIpc) is 3.05. The summed E-state index contributed by atoms with van der Waals surface area (Å²) in [7, 11) is 0. The van der Waals surface area contributed by atoms with Crippen LogP contribution < -0.4 is 4.74 Å². The molecule has 0 N–H and O–H groups in total. The second-order valence-corrected chi connectivity index (χ2v) is 14.2. The molecule has 1 aromatic heterocycles. The maximum atomic E-state index is 14.8. The third-order valence-electron chi connectivity index (χ3n) is 8.87. The van der Waals surface area contributed by atoms with E-state index in [0.717, 1.165) is 16.8 Å². The molecule has 3 heterocycles. The number of aromatic nitrogens is 1. The highest BCUT2D eigenvalue weighted by Crippen LogP contribution is 2.45. The summed E-state index contributed by atoms with van der Waals surface area (Å²) in [5.74, 6) is 1.13. The number of urea groups is 1. The van der Waals surface area contributed by atoms with Gasteiger partial charge in [0.25, 0.3) is 0 Å². The Hall–Kier alpha value is -3.64. The summed E-state index contributed by atoms with van der Waals surface area (Å²) in [6, 6.07) is 19.0. The van der Waals surface area contributed by atoms with E-state index in [1.165, 1.54) is 0 Å². The number of carbonyl (C=O) groups excluding carboxylic acids is 1. The zero-order valence-corrected chi connectivity index (χ0v) is 29.3. The van der Waals surface area contributed by atoms with Crippen molar-refractivity contribution in [2.45, 2.75) is 83.4 Å². The highest BCUT2D eigenvalue weighted by molar-refractivity contribution is 6.30. The molecule has 2 aliphatic heterocycles. The van der Waals surface area contributed by atoms with Crippen LogP contribution in [0.3, 0.4) is 0 Å². The van der Waals surface area contributed by atoms with Crippen molar-refractivity contribution >= 4 is 35.1 Å². The van der Waals surface area contributed by atoms with Gasteiger partial charge < -0.3 is 14.4 Å². The number of amides is 2. The predicted octanol–water partition coefficient (Wildman–Crippen LogP) is 8.71. The lowest BCUT2D eigenvalue weighted by molar-refractivity contribution is 0.0147. The zero-order valence-electron chi connectivity index (χ0n) is 27.8. The Labute approximate surface area is 288 Å². The average molecular weight is 677 g/mol. The lowest BCUT2D eigenvalue weighted by Gasteiger charge is -2.46. The van der Waals surface area contributed by atoms with Crippen LogP contribution in [0.4, 0.5) is 4.79 Å². The number of carbonyl (C=O) groups is 1. The van der Waals surface area contributed by atoms with Gasteiger partial charge in [0, 0.05) is 52.9 Å². The number of hydrogen-bond acceptors (Lipinski definition) is 6. The fraction of sp³-hybridized carbons (Fsp3) is 0.459. The van der Waals surface area contributed by atoms with Gasteiger partial charge in [0.05, 0.1) is 49.0 Å². The first-order chi connectivity index (χ1) is 22.4. The molecule has 0 bridgehead atoms. The summed E-state index contributed by atoms with van der Waals surface area (Å²) in [5, 5.41) is 10.2. The largest absolute Gasteiger partial charge is 0.493 e. The van der Waals surface area contributed by atoms with Crippen LogP contribution in [0.25, 0.3) is 0 Å². The molecular formula is C37H43Cl2N5O3. The third kappa shape index (κ3) is 7.92. The van der Waals surface area contributed by atoms with Crippen LogP contribution in [-0.2, 0) is 15.7 Å². The highest BCUT2D eigenvalue weighted by Gasteiger charge is 2.45. The van der Waals surface area contributed by atoms with Gasteiger partial charge in [-0.3, -0.25) is 14.9 Å². The summed E-state index contributed by atoms with van der Waals surface area (Å²) in [6.45, 7) is 12.3. The van der Waals surface area contributed by atoms with Crippen LogP contribution in [0.2, 0.25) is 10.0 Å². The Kier molecular flexibility index (Phi) is 10.8. The van der Waals surface area contributed by atoms with E-state index < -0.39 is 5.54 Å². The standard InChI is InChI=1S/C37H43Cl2N5O3/c1-6-46-32-22-33(36(2,3)4)41-24-30(32)34-42-37(5,26-10-14-28(39)15-11-26)23-31(25-8-12-27(38)13-9-25)44(34)35(45)43-19-16-29(17-20-43)47-21-7-18-40/h8-15,22,24,29,31H,6-7,16-17,19-21,23H2,1-5H3/t31-,37-/m1/s1. The van der Waals surface area contributed by atoms with Crippen molar-refractivity contribution in [3.63, 3.8) is 0 Å². The molecule has 248 valence electrons. The van der Waals surface area contributed by atoms with E-state index in [1.807, 2.05) is 71.3 Å². The van der Waals surface area contributed by atoms with Crippen molar-refractivity contribution in [2.75, 3.05) is 26.3 Å². The number of pyridine rings is 1. The molecule has 10 heteroatoms. The summed E-state index contributed by atoms with van der Waals surface area (Å²) < 4.78 is 12.2. The number of aliphatic imine (C=N–C) groups is 1. The summed E-state index contributed by atoms with van der Waals surface area (Å²) in [4.78, 5) is 28.8. The van der Waals surface area contributed by atoms with Crippen LogP contribution >= 0.6 is 23.2 Å². The van der Waals surface area contributed by atoms with Crippen LogP contribution in [-0.4, -0.2) is 59.1 Å². The molecular weight excluding hydrogens is 633 g/mol. The number of nitrogens with zero attached hydrogens (tertiary/aromatic N) is 5. The van der Waals surface area contributed by atoms with Gasteiger partial charge in [-0.05, 0) is 62.1 Å². The second-order valence-electron chi connectivity index (χ2n) is 13.4. The van der Waals surface area contributed by atoms with E-state index in [9.17, 15) is 4.79 Å². The first-order valence-electron chi connectivity index (χ1n) is 16.2. The number of amidine groups is 1. The summed E-state index contributed by atoms with van der Waals surface area (Å²) in [6.07, 6.45) is 4.07. The molecule has 2 atom stereocenters. The summed E-state index contributed by atoms with van der Waals surface area (Å²) >= 11 is 12.7. The second kappa shape index (κ2) is 14.6. The number of benzene rings is 2. The highest BCUT2D eigenvalue weighted by atomic mass is 35.5. The minimum atomic E-state index is -0.714. The maximum Gasteiger partial charge on any atom is 0.326 e. The SMILES string of the molecule is CCOc1cc(C(C)(C)C)ncc1C1=N[C@@](C)(c2ccc(Cl)cc2)C[C@H](c2ccc(Cl)cc2)N1C(=O)N1CCC(OCCC#N)CC1. The van der Waals surface area contributed by atoms with Crippen molar-refractivity contribution in [3.05, 3.63) is 93.2 Å². The Morgan fingerprint density at radius 1 is 1.06 bits per heavy atom. The molecule has 0 spiro atoms. The minimum absolute atomic E-state index is 0.0147. The third-order valence-corrected chi connectivity index (χ3v) is 9.37. The predicted molar refractivity (Wildman–Crippen MR) is 186 cm³/mol. The van der Waals surface area contributed by atoms with Gasteiger partial charge >= 0.3 is 6.03 Å². The van der Waals surface area contributed by atoms with Gasteiger partial charge in [-0.1, -0.05) is 68.2 Å². The van der Waals surface area contributed by atoms with Crippen molar-refractivity contribution in [1.82, 2.24) is 14.8 Å². The first-order valence-corrected chi connectivity index (χ1v) is 17.0. The molecule has 3 aromatic rings. The smallest absolute Gasteiger partial charge is 0.326 e. The molecule has 2 aromatic carbocycles. The Balaban J connectivity index is 1.66. The molecule has 0 aliphatic carbocycles. The Morgan fingerprint density at radius 3 is 2.30 bits per heavy atom. The van der Waals surface area contributed by atoms with Crippen molar-refractivity contribution in [3.8, 4) is 11.8 Å². The van der Waals surface area contributed by atoms with Crippen LogP contribution in [0.1, 0.15) is 88.7 Å². The zero-order chi connectivity index (χ0) is 33.8. The molecule has 47 heavy (non-hydrogen) atoms. The number of halogens is 2. The van der Waals surface area contributed by atoms with Gasteiger partial charge in [0.15, 0.2) is 0 Å². The number of ether oxygens (including phenoxy) is 2. The fourth-order valence-corrected chi connectivity index (χ4v) is 6.48. The van der Waals surface area contributed by atoms with E-state index in [0.29, 0.717) is 79.2 Å². The molecule has 2 aliphatic rings. The van der Waals surface area contributed by atoms with Crippen molar-refractivity contribution in [2.24, 2.45) is 4.99 Å². The van der Waals surface area contributed by atoms with Crippen LogP contribution in [0.15, 0.2) is 65.8 Å². The van der Waals surface area contributed by atoms with Gasteiger partial charge in [-0.2, -0.15) is 5.26 Å². The number of rotatable bonds is 8. The molecule has 0 saturated carbocycles. The first kappa shape index (κ1) is 34.7. The van der Waals surface area contributed by atoms with Crippen LogP contribution in [0, 0.1) is 11.3 Å². The van der Waals surface area contributed by atoms with E-state index in [2.05, 4.69) is 33.8 Å². The number of likely N-dealkylation sites (tertiary alicyclic amines) is 1. The minimum Gasteiger partial charge on any atom is -0.493 e. The van der Waals surface area contributed by atoms with E-state index >= 15 is 0 Å². The molecule has 8 nitrogen and oxygen atoms in total. The Morgan fingerprint density at radius 2 is 1.70 bits per heavy atom. The van der Waals surface area contributed by atoms with E-state index in [-0.39, 0.29) is 23.6 Å². The van der Waals surface area contributed by atoms with Gasteiger partial charge in [0.1, 0.15) is 11.6 Å². The lowest BCUT2D eigenvalue weighted by Crippen LogP contribution is -2.54. The van der Waals surface area contributed by atoms with E-state index in [1.54, 1.807) is 6.20 Å². The topological polar surface area (TPSA) is 91.1 Å². The molecule has 1 fully saturated rings. The Bertz CT molecular complexity index is 1620. The fourth-order valence-electron chi connectivity index (χ4n) is 6.23. The van der Waals surface area contributed by atoms with Crippen LogP contribution in [0.5, 0.6) is 5.75 Å². The number of hydrogen-bond donors (Lipinski definition) is 0. The monoisotopic (exact) mass is 675 g/mol. The normalized spacial score (nSPS) is 20.5. The van der Waals surface area contributed by atoms with Crippen molar-refractivity contribution in [1.29, 1.82) is 5.26 Å². The summed E-state index contributed by atoms with van der Waals surface area (Å²) in [5.41, 5.74) is 2.54. The number of nitriles is 1. The molecule has 0 unspecified atom stereocenters. The number of piperidine rings is 1.